The summed E-state index contributed by atoms with van der Waals surface area (Å²) in [5, 5.41) is 0. The van der Waals surface area contributed by atoms with Crippen molar-refractivity contribution in [2.45, 2.75) is 11.8 Å². The van der Waals surface area contributed by atoms with E-state index in [9.17, 15) is 8.42 Å². The van der Waals surface area contributed by atoms with Crippen molar-refractivity contribution in [3.05, 3.63) is 54.0 Å². The Bertz CT molecular complexity index is 455. The summed E-state index contributed by atoms with van der Waals surface area (Å²) >= 11 is 0. The van der Waals surface area contributed by atoms with Gasteiger partial charge in [0.15, 0.2) is 0 Å². The summed E-state index contributed by atoms with van der Waals surface area (Å²) in [5.74, 6) is 0. The largest absolute Gasteiger partial charge is 0.219 e. The molecule has 0 aliphatic heterocycles. The third-order valence-corrected chi connectivity index (χ3v) is 3.74. The Labute approximate surface area is 84.5 Å². The summed E-state index contributed by atoms with van der Waals surface area (Å²) in [6.07, 6.45) is 0. The van der Waals surface area contributed by atoms with Gasteiger partial charge in [-0.15, -0.1) is 0 Å². The van der Waals surface area contributed by atoms with E-state index in [1.54, 1.807) is 37.3 Å². The van der Waals surface area contributed by atoms with Crippen LogP contribution in [0.3, 0.4) is 0 Å². The number of hydrogen-bond donors (Lipinski definition) is 0. The van der Waals surface area contributed by atoms with Gasteiger partial charge in [0.25, 0.3) is 0 Å². The van der Waals surface area contributed by atoms with Crippen LogP contribution in [0.25, 0.3) is 0 Å². The second-order valence-electron chi connectivity index (χ2n) is 3.02. The molecule has 0 N–H and O–H groups in total. The van der Waals surface area contributed by atoms with E-state index in [1.807, 2.05) is 0 Å². The minimum Gasteiger partial charge on any atom is -0.219 e. The normalized spacial score (nSPS) is 10.9. The molecule has 0 saturated heterocycles. The van der Waals surface area contributed by atoms with Crippen LogP contribution in [0.15, 0.2) is 58.9 Å². The fourth-order valence-corrected chi connectivity index (χ4v) is 2.23. The Kier molecular flexibility index (Phi) is 2.91. The first-order chi connectivity index (χ1) is 6.46. The molecule has 0 unspecified atom stereocenters. The second kappa shape index (κ2) is 3.80. The van der Waals surface area contributed by atoms with E-state index in [1.165, 1.54) is 0 Å². The van der Waals surface area contributed by atoms with Gasteiger partial charge in [-0.1, -0.05) is 31.4 Å². The van der Waals surface area contributed by atoms with Crippen molar-refractivity contribution in [1.82, 2.24) is 0 Å². The Hall–Kier alpha value is -1.35. The van der Waals surface area contributed by atoms with E-state index in [-0.39, 0.29) is 9.80 Å². The molecule has 2 nitrogen and oxygen atoms in total. The SMILES string of the molecule is C=C(C)C(=C)S(=O)(=O)c1ccccc1. The fourth-order valence-electron chi connectivity index (χ4n) is 0.971. The fraction of sp³-hybridized carbons (Fsp3) is 0.0909. The highest BCUT2D eigenvalue weighted by molar-refractivity contribution is 7.95. The quantitative estimate of drug-likeness (QED) is 0.715. The van der Waals surface area contributed by atoms with Crippen LogP contribution in [0.2, 0.25) is 0 Å². The first kappa shape index (κ1) is 10.7. The van der Waals surface area contributed by atoms with Crippen LogP contribution >= 0.6 is 0 Å². The van der Waals surface area contributed by atoms with Crippen LogP contribution < -0.4 is 0 Å². The summed E-state index contributed by atoms with van der Waals surface area (Å²) in [7, 11) is -3.43. The molecule has 0 aromatic heterocycles. The highest BCUT2D eigenvalue weighted by Gasteiger charge is 2.18. The average molecular weight is 208 g/mol. The summed E-state index contributed by atoms with van der Waals surface area (Å²) in [5.41, 5.74) is 0.467. The molecule has 0 spiro atoms. The van der Waals surface area contributed by atoms with Crippen LogP contribution in [0.5, 0.6) is 0 Å². The van der Waals surface area contributed by atoms with Crippen molar-refractivity contribution < 1.29 is 8.42 Å². The van der Waals surface area contributed by atoms with E-state index in [0.717, 1.165) is 0 Å². The molecule has 0 fully saturated rings. The summed E-state index contributed by atoms with van der Waals surface area (Å²) in [6, 6.07) is 8.21. The lowest BCUT2D eigenvalue weighted by Gasteiger charge is -2.06. The third-order valence-electron chi connectivity index (χ3n) is 1.85. The van der Waals surface area contributed by atoms with E-state index in [2.05, 4.69) is 13.2 Å². The molecule has 0 heterocycles. The van der Waals surface area contributed by atoms with E-state index < -0.39 is 9.84 Å². The van der Waals surface area contributed by atoms with Crippen LogP contribution in [0.1, 0.15) is 6.92 Å². The number of hydrogen-bond acceptors (Lipinski definition) is 2. The molecular weight excluding hydrogens is 196 g/mol. The zero-order valence-electron chi connectivity index (χ0n) is 8.03. The Morgan fingerprint density at radius 1 is 1.14 bits per heavy atom. The molecule has 0 radical (unpaired) electrons. The van der Waals surface area contributed by atoms with Crippen LogP contribution in [-0.2, 0) is 9.84 Å². The van der Waals surface area contributed by atoms with Crippen molar-refractivity contribution >= 4 is 9.84 Å². The van der Waals surface area contributed by atoms with Crippen molar-refractivity contribution in [3.63, 3.8) is 0 Å². The van der Waals surface area contributed by atoms with Crippen molar-refractivity contribution in [3.8, 4) is 0 Å². The lowest BCUT2D eigenvalue weighted by atomic mass is 10.3. The molecule has 0 aliphatic rings. The molecular formula is C11H12O2S. The number of benzene rings is 1. The molecule has 0 atom stereocenters. The maximum Gasteiger partial charge on any atom is 0.206 e. The molecule has 1 aromatic rings. The summed E-state index contributed by atoms with van der Waals surface area (Å²) < 4.78 is 23.6. The minimum atomic E-state index is -3.43. The molecule has 3 heteroatoms. The topological polar surface area (TPSA) is 34.1 Å². The van der Waals surface area contributed by atoms with Gasteiger partial charge in [0.1, 0.15) is 0 Å². The summed E-state index contributed by atoms with van der Waals surface area (Å²) in [6.45, 7) is 8.71. The predicted octanol–water partition coefficient (Wildman–Crippen LogP) is 2.55. The zero-order chi connectivity index (χ0) is 10.8. The van der Waals surface area contributed by atoms with E-state index in [4.69, 9.17) is 0 Å². The lowest BCUT2D eigenvalue weighted by Crippen LogP contribution is -2.04. The second-order valence-corrected chi connectivity index (χ2v) is 4.99. The number of rotatable bonds is 3. The first-order valence-corrected chi connectivity index (χ1v) is 5.59. The van der Waals surface area contributed by atoms with Crippen LogP contribution in [-0.4, -0.2) is 8.42 Å². The van der Waals surface area contributed by atoms with Gasteiger partial charge in [0, 0.05) is 0 Å². The lowest BCUT2D eigenvalue weighted by molar-refractivity contribution is 0.602. The molecule has 1 aromatic carbocycles. The van der Waals surface area contributed by atoms with Gasteiger partial charge in [-0.3, -0.25) is 0 Å². The van der Waals surface area contributed by atoms with Crippen molar-refractivity contribution in [1.29, 1.82) is 0 Å². The van der Waals surface area contributed by atoms with Gasteiger partial charge < -0.3 is 0 Å². The Morgan fingerprint density at radius 3 is 2.07 bits per heavy atom. The molecule has 0 aliphatic carbocycles. The van der Waals surface area contributed by atoms with Crippen molar-refractivity contribution in [2.75, 3.05) is 0 Å². The molecule has 14 heavy (non-hydrogen) atoms. The van der Waals surface area contributed by atoms with Gasteiger partial charge in [-0.2, -0.15) is 0 Å². The zero-order valence-corrected chi connectivity index (χ0v) is 8.84. The van der Waals surface area contributed by atoms with E-state index >= 15 is 0 Å². The number of allylic oxidation sites excluding steroid dienone is 1. The van der Waals surface area contributed by atoms with E-state index in [0.29, 0.717) is 5.57 Å². The molecule has 1 rings (SSSR count). The molecule has 0 bridgehead atoms. The predicted molar refractivity (Wildman–Crippen MR) is 57.6 cm³/mol. The number of sulfone groups is 1. The smallest absolute Gasteiger partial charge is 0.206 e. The van der Waals surface area contributed by atoms with Gasteiger partial charge in [0.05, 0.1) is 9.80 Å². The third kappa shape index (κ3) is 1.93. The maximum absolute atomic E-state index is 11.8. The Morgan fingerprint density at radius 2 is 1.64 bits per heavy atom. The molecule has 0 saturated carbocycles. The van der Waals surface area contributed by atoms with Gasteiger partial charge in [-0.25, -0.2) is 8.42 Å². The average Bonchev–Trinajstić information content (AvgIpc) is 2.18. The standard InChI is InChI=1S/C11H12O2S/c1-9(2)10(3)14(12,13)11-7-5-4-6-8-11/h4-8H,1,3H2,2H3. The molecule has 74 valence electrons. The van der Waals surface area contributed by atoms with Gasteiger partial charge in [0.2, 0.25) is 9.84 Å². The van der Waals surface area contributed by atoms with Gasteiger partial charge >= 0.3 is 0 Å². The maximum atomic E-state index is 11.8. The first-order valence-electron chi connectivity index (χ1n) is 4.11. The summed E-state index contributed by atoms with van der Waals surface area (Å²) in [4.78, 5) is 0.330. The highest BCUT2D eigenvalue weighted by atomic mass is 32.2. The van der Waals surface area contributed by atoms with Gasteiger partial charge in [-0.05, 0) is 24.6 Å². The molecule has 0 amide bonds. The van der Waals surface area contributed by atoms with Crippen LogP contribution in [0, 0.1) is 0 Å². The highest BCUT2D eigenvalue weighted by Crippen LogP contribution is 2.21. The van der Waals surface area contributed by atoms with Crippen molar-refractivity contribution in [2.24, 2.45) is 0 Å². The van der Waals surface area contributed by atoms with Crippen LogP contribution in [0.4, 0.5) is 0 Å². The minimum absolute atomic E-state index is 0.0729. The monoisotopic (exact) mass is 208 g/mol. The Balaban J connectivity index is 3.23.